The van der Waals surface area contributed by atoms with Gasteiger partial charge in [0.25, 0.3) is 0 Å². The topological polar surface area (TPSA) is 29.0 Å². The van der Waals surface area contributed by atoms with E-state index in [0.29, 0.717) is 0 Å². The number of nitrogens with zero attached hydrogens (tertiary/aromatic N) is 3. The van der Waals surface area contributed by atoms with E-state index in [4.69, 9.17) is 9.97 Å². The molecule has 126 valence electrons. The third-order valence-corrected chi connectivity index (χ3v) is 5.22. The summed E-state index contributed by atoms with van der Waals surface area (Å²) >= 11 is 0. The number of para-hydroxylation sites is 3. The van der Waals surface area contributed by atoms with Crippen LogP contribution in [-0.2, 0) is 0 Å². The predicted molar refractivity (Wildman–Crippen MR) is 111 cm³/mol. The molecule has 0 unspecified atom stereocenters. The van der Waals surface area contributed by atoms with Crippen molar-refractivity contribution >= 4 is 38.9 Å². The average Bonchev–Trinajstić information content (AvgIpc) is 2.75. The van der Waals surface area contributed by atoms with Gasteiger partial charge in [-0.15, -0.1) is 0 Å². The van der Waals surface area contributed by atoms with E-state index in [2.05, 4.69) is 77.7 Å². The number of benzene rings is 3. The van der Waals surface area contributed by atoms with Crippen molar-refractivity contribution in [3.63, 3.8) is 0 Å². The minimum Gasteiger partial charge on any atom is -0.294 e. The Morgan fingerprint density at radius 1 is 0.667 bits per heavy atom. The first-order valence-corrected chi connectivity index (χ1v) is 9.04. The van der Waals surface area contributed by atoms with Gasteiger partial charge in [-0.25, -0.2) is 4.98 Å². The van der Waals surface area contributed by atoms with Gasteiger partial charge in [-0.2, -0.15) is 0 Å². The first kappa shape index (κ1) is 14.4. The van der Waals surface area contributed by atoms with Crippen LogP contribution < -0.4 is 4.90 Å². The van der Waals surface area contributed by atoms with Gasteiger partial charge in [0.05, 0.1) is 22.3 Å². The number of rotatable bonds is 1. The molecule has 5 aromatic rings. The second kappa shape index (κ2) is 5.39. The number of fused-ring (bicyclic) bond motifs is 4. The van der Waals surface area contributed by atoms with E-state index < -0.39 is 0 Å². The summed E-state index contributed by atoms with van der Waals surface area (Å²) in [5.74, 6) is 0.941. The monoisotopic (exact) mass is 345 g/mol. The quantitative estimate of drug-likeness (QED) is 0.331. The van der Waals surface area contributed by atoms with E-state index in [1.165, 1.54) is 5.39 Å². The maximum absolute atomic E-state index is 5.08. The van der Waals surface area contributed by atoms with Crippen LogP contribution in [0.4, 0.5) is 17.2 Å². The summed E-state index contributed by atoms with van der Waals surface area (Å²) in [7, 11) is 0. The lowest BCUT2D eigenvalue weighted by atomic mass is 9.95. The minimum absolute atomic E-state index is 0.941. The lowest BCUT2D eigenvalue weighted by Gasteiger charge is -2.32. The number of hydrogen-bond donors (Lipinski definition) is 0. The highest BCUT2D eigenvalue weighted by Crippen LogP contribution is 2.49. The highest BCUT2D eigenvalue weighted by molar-refractivity contribution is 6.19. The lowest BCUT2D eigenvalue weighted by molar-refractivity contribution is 1.20. The van der Waals surface area contributed by atoms with Crippen molar-refractivity contribution in [2.24, 2.45) is 0 Å². The largest absolute Gasteiger partial charge is 0.294 e. The summed E-state index contributed by atoms with van der Waals surface area (Å²) in [4.78, 5) is 12.1. The van der Waals surface area contributed by atoms with Gasteiger partial charge < -0.3 is 0 Å². The van der Waals surface area contributed by atoms with E-state index in [1.54, 1.807) is 0 Å². The van der Waals surface area contributed by atoms with Crippen molar-refractivity contribution in [1.82, 2.24) is 9.97 Å². The molecule has 0 saturated carbocycles. The Hall–Kier alpha value is -3.72. The van der Waals surface area contributed by atoms with Gasteiger partial charge in [0.2, 0.25) is 0 Å². The van der Waals surface area contributed by atoms with E-state index in [1.807, 2.05) is 18.3 Å². The number of pyridine rings is 2. The Morgan fingerprint density at radius 3 is 2.37 bits per heavy atom. The zero-order valence-corrected chi connectivity index (χ0v) is 14.5. The standard InChI is InChI=1S/C24H15N3/c1-2-8-16(9-3-1)27-21-13-7-5-11-19(21)23-22-18(14-15-25-23)17-10-4-6-12-20(17)26-24(22)27/h1-15H. The van der Waals surface area contributed by atoms with E-state index in [0.717, 1.165) is 44.7 Å². The van der Waals surface area contributed by atoms with Gasteiger partial charge in [-0.3, -0.25) is 9.88 Å². The van der Waals surface area contributed by atoms with Crippen molar-refractivity contribution in [3.8, 4) is 11.3 Å². The van der Waals surface area contributed by atoms with Crippen LogP contribution in [0.1, 0.15) is 0 Å². The van der Waals surface area contributed by atoms with Crippen LogP contribution in [0.25, 0.3) is 32.9 Å². The van der Waals surface area contributed by atoms with E-state index in [9.17, 15) is 0 Å². The fourth-order valence-corrected chi connectivity index (χ4v) is 4.07. The van der Waals surface area contributed by atoms with E-state index in [-0.39, 0.29) is 0 Å². The molecule has 0 atom stereocenters. The van der Waals surface area contributed by atoms with E-state index >= 15 is 0 Å². The van der Waals surface area contributed by atoms with Gasteiger partial charge in [-0.05, 0) is 35.7 Å². The molecule has 3 aromatic carbocycles. The van der Waals surface area contributed by atoms with Crippen molar-refractivity contribution in [2.75, 3.05) is 4.90 Å². The third kappa shape index (κ3) is 1.97. The van der Waals surface area contributed by atoms with Crippen LogP contribution in [0.5, 0.6) is 0 Å². The molecule has 0 amide bonds. The van der Waals surface area contributed by atoms with Crippen LogP contribution in [0.2, 0.25) is 0 Å². The van der Waals surface area contributed by atoms with Gasteiger partial charge in [-0.1, -0.05) is 54.6 Å². The van der Waals surface area contributed by atoms with Gasteiger partial charge in [0.1, 0.15) is 5.82 Å². The first-order chi connectivity index (χ1) is 13.4. The zero-order chi connectivity index (χ0) is 17.8. The zero-order valence-electron chi connectivity index (χ0n) is 14.5. The van der Waals surface area contributed by atoms with Gasteiger partial charge in [0.15, 0.2) is 0 Å². The van der Waals surface area contributed by atoms with Gasteiger partial charge in [0, 0.05) is 22.8 Å². The Morgan fingerprint density at radius 2 is 1.44 bits per heavy atom. The molecule has 0 radical (unpaired) electrons. The fourth-order valence-electron chi connectivity index (χ4n) is 4.07. The Balaban J connectivity index is 1.84. The summed E-state index contributed by atoms with van der Waals surface area (Å²) in [5, 5.41) is 3.46. The van der Waals surface area contributed by atoms with Crippen LogP contribution >= 0.6 is 0 Å². The summed E-state index contributed by atoms with van der Waals surface area (Å²) < 4.78 is 0. The Bertz CT molecular complexity index is 1330. The summed E-state index contributed by atoms with van der Waals surface area (Å²) in [6, 6.07) is 29.3. The molecule has 6 rings (SSSR count). The molecule has 0 N–H and O–H groups in total. The van der Waals surface area contributed by atoms with Crippen LogP contribution in [0.15, 0.2) is 91.1 Å². The smallest absolute Gasteiger partial charge is 0.148 e. The molecule has 1 aliphatic heterocycles. The first-order valence-electron chi connectivity index (χ1n) is 9.04. The maximum atomic E-state index is 5.08. The molecule has 0 aliphatic carbocycles. The van der Waals surface area contributed by atoms with Crippen molar-refractivity contribution in [1.29, 1.82) is 0 Å². The Kier molecular flexibility index (Phi) is 2.88. The normalized spacial score (nSPS) is 12.4. The molecule has 0 saturated heterocycles. The molecule has 27 heavy (non-hydrogen) atoms. The highest BCUT2D eigenvalue weighted by Gasteiger charge is 2.28. The summed E-state index contributed by atoms with van der Waals surface area (Å²) in [6.45, 7) is 0. The molecule has 1 aliphatic rings. The molecule has 0 spiro atoms. The molecule has 3 nitrogen and oxygen atoms in total. The molecule has 2 aromatic heterocycles. The van der Waals surface area contributed by atoms with Gasteiger partial charge >= 0.3 is 0 Å². The molecular formula is C24H15N3. The fraction of sp³-hybridized carbons (Fsp3) is 0. The third-order valence-electron chi connectivity index (χ3n) is 5.22. The molecule has 0 bridgehead atoms. The van der Waals surface area contributed by atoms with Crippen molar-refractivity contribution in [3.05, 3.63) is 91.1 Å². The summed E-state index contributed by atoms with van der Waals surface area (Å²) in [5.41, 5.74) is 5.35. The number of aromatic nitrogens is 2. The van der Waals surface area contributed by atoms with Crippen LogP contribution in [-0.4, -0.2) is 9.97 Å². The number of hydrogen-bond acceptors (Lipinski definition) is 3. The van der Waals surface area contributed by atoms with Crippen molar-refractivity contribution in [2.45, 2.75) is 0 Å². The van der Waals surface area contributed by atoms with Crippen LogP contribution in [0, 0.1) is 0 Å². The second-order valence-corrected chi connectivity index (χ2v) is 6.72. The Labute approximate surface area is 156 Å². The lowest BCUT2D eigenvalue weighted by Crippen LogP contribution is -2.17. The predicted octanol–water partition coefficient (Wildman–Crippen LogP) is 6.23. The molecule has 0 fully saturated rings. The average molecular weight is 345 g/mol. The summed E-state index contributed by atoms with van der Waals surface area (Å²) in [6.07, 6.45) is 1.91. The molecule has 3 heteroatoms. The van der Waals surface area contributed by atoms with Crippen molar-refractivity contribution < 1.29 is 0 Å². The second-order valence-electron chi connectivity index (χ2n) is 6.72. The molecular weight excluding hydrogens is 330 g/mol. The number of anilines is 3. The molecule has 3 heterocycles. The minimum atomic E-state index is 0.941. The van der Waals surface area contributed by atoms with Crippen LogP contribution in [0.3, 0.4) is 0 Å². The highest BCUT2D eigenvalue weighted by atomic mass is 15.2. The SMILES string of the molecule is c1ccc(N2c3ccccc3-c3nccc4c3c2nc2ccccc24)cc1. The maximum Gasteiger partial charge on any atom is 0.148 e.